The van der Waals surface area contributed by atoms with Crippen LogP contribution in [-0.2, 0) is 0 Å². The van der Waals surface area contributed by atoms with Crippen LogP contribution in [0.15, 0.2) is 66.7 Å². The van der Waals surface area contributed by atoms with Crippen LogP contribution < -0.4 is 18.9 Å². The van der Waals surface area contributed by atoms with Crippen molar-refractivity contribution in [2.75, 3.05) is 40.5 Å². The Morgan fingerprint density at radius 1 is 0.750 bits per heavy atom. The average molecular weight is 526 g/mol. The molecule has 1 fully saturated rings. The van der Waals surface area contributed by atoms with Crippen molar-refractivity contribution in [3.8, 4) is 39.2 Å². The van der Waals surface area contributed by atoms with Crippen molar-refractivity contribution in [1.29, 1.82) is 0 Å². The molecule has 7 heteroatoms. The lowest BCUT2D eigenvalue weighted by molar-refractivity contribution is 0.183. The van der Waals surface area contributed by atoms with Crippen molar-refractivity contribution in [3.05, 3.63) is 66.7 Å². The zero-order valence-corrected chi connectivity index (χ0v) is 22.3. The van der Waals surface area contributed by atoms with Crippen molar-refractivity contribution in [2.24, 2.45) is 0 Å². The zero-order valence-electron chi connectivity index (χ0n) is 20.7. The summed E-state index contributed by atoms with van der Waals surface area (Å²) in [6.45, 7) is 4.06. The molecule has 5 nitrogen and oxygen atoms in total. The highest BCUT2D eigenvalue weighted by molar-refractivity contribution is 7.22. The zero-order chi connectivity index (χ0) is 24.0. The van der Waals surface area contributed by atoms with E-state index < -0.39 is 0 Å². The van der Waals surface area contributed by atoms with Crippen molar-refractivity contribution in [3.63, 3.8) is 0 Å². The summed E-state index contributed by atoms with van der Waals surface area (Å²) in [5, 5.41) is 1.06. The Labute approximate surface area is 223 Å². The summed E-state index contributed by atoms with van der Waals surface area (Å²) in [5.74, 6) is 4.15. The number of benzene rings is 3. The summed E-state index contributed by atoms with van der Waals surface area (Å²) in [6.07, 6.45) is 3.95. The minimum Gasteiger partial charge on any atom is -0.497 e. The molecule has 0 atom stereocenters. The topological polar surface area (TPSA) is 40.2 Å². The third-order valence-corrected chi connectivity index (χ3v) is 7.56. The molecular formula is C29H32ClNO4S. The first-order chi connectivity index (χ1) is 17.2. The Kier molecular flexibility index (Phi) is 8.97. The number of fused-ring (bicyclic) bond motifs is 1. The van der Waals surface area contributed by atoms with Crippen molar-refractivity contribution < 1.29 is 18.9 Å². The molecule has 3 aromatic carbocycles. The van der Waals surface area contributed by atoms with E-state index >= 15 is 0 Å². The molecule has 0 amide bonds. The number of likely N-dealkylation sites (tertiary alicyclic amines) is 1. The van der Waals surface area contributed by atoms with E-state index in [-0.39, 0.29) is 12.4 Å². The second-order valence-corrected chi connectivity index (χ2v) is 9.73. The second kappa shape index (κ2) is 12.3. The highest BCUT2D eigenvalue weighted by atomic mass is 35.5. The van der Waals surface area contributed by atoms with Gasteiger partial charge in [0.05, 0.1) is 19.1 Å². The summed E-state index contributed by atoms with van der Waals surface area (Å²) in [6, 6.07) is 22.1. The fourth-order valence-electron chi connectivity index (χ4n) is 4.41. The monoisotopic (exact) mass is 525 g/mol. The van der Waals surface area contributed by atoms with Crippen LogP contribution >= 0.6 is 23.7 Å². The molecule has 1 aromatic heterocycles. The maximum Gasteiger partial charge on any atom is 0.153 e. The lowest BCUT2D eigenvalue weighted by Gasteiger charge is -2.26. The summed E-state index contributed by atoms with van der Waals surface area (Å²) in [7, 11) is 3.36. The molecule has 0 bridgehead atoms. The predicted molar refractivity (Wildman–Crippen MR) is 150 cm³/mol. The van der Waals surface area contributed by atoms with Crippen molar-refractivity contribution in [1.82, 2.24) is 4.90 Å². The summed E-state index contributed by atoms with van der Waals surface area (Å²) < 4.78 is 24.4. The van der Waals surface area contributed by atoms with Crippen LogP contribution in [0.4, 0.5) is 0 Å². The van der Waals surface area contributed by atoms with Gasteiger partial charge >= 0.3 is 0 Å². The smallest absolute Gasteiger partial charge is 0.153 e. The van der Waals surface area contributed by atoms with Gasteiger partial charge in [-0.1, -0.05) is 6.42 Å². The minimum atomic E-state index is 0. The highest BCUT2D eigenvalue weighted by Crippen LogP contribution is 2.47. The van der Waals surface area contributed by atoms with Crippen molar-refractivity contribution >= 4 is 33.8 Å². The van der Waals surface area contributed by atoms with E-state index in [4.69, 9.17) is 18.9 Å². The number of nitrogens with zero attached hydrogens (tertiary/aromatic N) is 1. The van der Waals surface area contributed by atoms with Gasteiger partial charge in [0.2, 0.25) is 0 Å². The molecule has 190 valence electrons. The molecule has 0 spiro atoms. The number of rotatable bonds is 9. The van der Waals surface area contributed by atoms with Gasteiger partial charge in [0.25, 0.3) is 0 Å². The maximum atomic E-state index is 6.48. The number of ether oxygens (including phenoxy) is 4. The molecule has 0 radical (unpaired) electrons. The van der Waals surface area contributed by atoms with Crippen LogP contribution in [-0.4, -0.2) is 45.4 Å². The van der Waals surface area contributed by atoms with Gasteiger partial charge in [-0.3, -0.25) is 4.90 Å². The summed E-state index contributed by atoms with van der Waals surface area (Å²) in [5.41, 5.74) is 1.08. The van der Waals surface area contributed by atoms with E-state index in [0.29, 0.717) is 6.61 Å². The fraction of sp³-hybridized carbons (Fsp3) is 0.310. The van der Waals surface area contributed by atoms with Crippen LogP contribution in [0.3, 0.4) is 0 Å². The standard InChI is InChI=1S/C29H31NO4S.ClH/c1-31-22-8-6-21(7-9-22)29-28(26-15-14-25(32-2)20-27(26)35-29)34-24-12-10-23(11-13-24)33-19-18-30-16-4-3-5-17-30;/h6-15,20H,3-5,16-19H2,1-2H3;1H. The molecular weight excluding hydrogens is 494 g/mol. The predicted octanol–water partition coefficient (Wildman–Crippen LogP) is 7.66. The normalized spacial score (nSPS) is 13.7. The largest absolute Gasteiger partial charge is 0.497 e. The van der Waals surface area contributed by atoms with Gasteiger partial charge in [-0.05, 0) is 98.2 Å². The molecule has 5 rings (SSSR count). The number of halogens is 1. The molecule has 2 heterocycles. The first kappa shape index (κ1) is 26.1. The first-order valence-electron chi connectivity index (χ1n) is 12.1. The van der Waals surface area contributed by atoms with E-state index in [2.05, 4.69) is 29.2 Å². The minimum absolute atomic E-state index is 0. The Morgan fingerprint density at radius 3 is 2.08 bits per heavy atom. The Bertz CT molecular complexity index is 1250. The Balaban J connectivity index is 0.00000304. The molecule has 0 aliphatic carbocycles. The van der Waals surface area contributed by atoms with E-state index in [1.165, 1.54) is 32.4 Å². The van der Waals surface area contributed by atoms with Gasteiger partial charge < -0.3 is 18.9 Å². The van der Waals surface area contributed by atoms with Gasteiger partial charge in [-0.2, -0.15) is 0 Å². The van der Waals surface area contributed by atoms with E-state index in [0.717, 1.165) is 55.8 Å². The van der Waals surface area contributed by atoms with Crippen molar-refractivity contribution in [2.45, 2.75) is 19.3 Å². The SMILES string of the molecule is COc1ccc(-c2sc3cc(OC)ccc3c2Oc2ccc(OCCN3CCCCC3)cc2)cc1.Cl. The van der Waals surface area contributed by atoms with Gasteiger partial charge in [-0.25, -0.2) is 0 Å². The Morgan fingerprint density at radius 2 is 1.39 bits per heavy atom. The number of methoxy groups -OCH3 is 2. The lowest BCUT2D eigenvalue weighted by atomic mass is 10.1. The average Bonchev–Trinajstić information content (AvgIpc) is 3.27. The van der Waals surface area contributed by atoms with Crippen LogP contribution in [0.5, 0.6) is 28.7 Å². The van der Waals surface area contributed by atoms with Gasteiger partial charge in [0.1, 0.15) is 29.6 Å². The fourth-order valence-corrected chi connectivity index (χ4v) is 5.58. The van der Waals surface area contributed by atoms with Crippen LogP contribution in [0.25, 0.3) is 20.5 Å². The third kappa shape index (κ3) is 6.06. The number of piperidine rings is 1. The molecule has 1 aliphatic heterocycles. The number of hydrogen-bond donors (Lipinski definition) is 0. The highest BCUT2D eigenvalue weighted by Gasteiger charge is 2.17. The van der Waals surface area contributed by atoms with Crippen LogP contribution in [0.2, 0.25) is 0 Å². The molecule has 1 aliphatic rings. The summed E-state index contributed by atoms with van der Waals surface area (Å²) >= 11 is 1.69. The quantitative estimate of drug-likeness (QED) is 0.224. The molecule has 1 saturated heterocycles. The van der Waals surface area contributed by atoms with Gasteiger partial charge in [0.15, 0.2) is 5.75 Å². The van der Waals surface area contributed by atoms with Crippen LogP contribution in [0.1, 0.15) is 19.3 Å². The maximum absolute atomic E-state index is 6.48. The lowest BCUT2D eigenvalue weighted by Crippen LogP contribution is -2.33. The molecule has 0 unspecified atom stereocenters. The third-order valence-electron chi connectivity index (χ3n) is 6.37. The number of thiophene rings is 1. The van der Waals surface area contributed by atoms with Crippen LogP contribution in [0, 0.1) is 0 Å². The molecule has 0 N–H and O–H groups in total. The van der Waals surface area contributed by atoms with E-state index in [1.54, 1.807) is 25.6 Å². The Hall–Kier alpha value is -2.93. The van der Waals surface area contributed by atoms with E-state index in [1.807, 2.05) is 42.5 Å². The second-order valence-electron chi connectivity index (χ2n) is 8.68. The van der Waals surface area contributed by atoms with E-state index in [9.17, 15) is 0 Å². The summed E-state index contributed by atoms with van der Waals surface area (Å²) in [4.78, 5) is 3.55. The molecule has 0 saturated carbocycles. The van der Waals surface area contributed by atoms with Gasteiger partial charge in [-0.15, -0.1) is 23.7 Å². The molecule has 4 aromatic rings. The first-order valence-corrected chi connectivity index (χ1v) is 12.9. The number of hydrogen-bond acceptors (Lipinski definition) is 6. The van der Waals surface area contributed by atoms with Gasteiger partial charge in [0, 0.05) is 16.6 Å². The molecule has 36 heavy (non-hydrogen) atoms.